The molecule has 2 heterocycles. The molecule has 1 atom stereocenters. The molecule has 1 aliphatic heterocycles. The van der Waals surface area contributed by atoms with Crippen LogP contribution in [0.5, 0.6) is 0 Å². The van der Waals surface area contributed by atoms with E-state index < -0.39 is 0 Å². The number of unbranched alkanes of at least 4 members (excludes halogenated alkanes) is 1. The first kappa shape index (κ1) is 15.2. The van der Waals surface area contributed by atoms with Crippen LogP contribution < -0.4 is 0 Å². The number of furan rings is 1. The van der Waals surface area contributed by atoms with Crippen LogP contribution in [0.15, 0.2) is 47.1 Å². The van der Waals surface area contributed by atoms with E-state index in [1.807, 2.05) is 29.2 Å². The van der Waals surface area contributed by atoms with E-state index in [1.54, 1.807) is 18.0 Å². The zero-order chi connectivity index (χ0) is 15.4. The van der Waals surface area contributed by atoms with Crippen molar-refractivity contribution in [3.8, 4) is 0 Å². The normalized spacial score (nSPS) is 17.9. The molecular formula is C18H21NO2S. The van der Waals surface area contributed by atoms with Gasteiger partial charge in [0.15, 0.2) is 0 Å². The summed E-state index contributed by atoms with van der Waals surface area (Å²) in [5.74, 6) is 1.90. The monoisotopic (exact) mass is 315 g/mol. The molecule has 1 fully saturated rings. The maximum atomic E-state index is 12.7. The summed E-state index contributed by atoms with van der Waals surface area (Å²) in [6.07, 6.45) is 5.13. The molecule has 3 nitrogen and oxygen atoms in total. The van der Waals surface area contributed by atoms with Crippen molar-refractivity contribution >= 4 is 17.7 Å². The summed E-state index contributed by atoms with van der Waals surface area (Å²) in [6, 6.07) is 11.9. The summed E-state index contributed by atoms with van der Waals surface area (Å²) in [4.78, 5) is 14.7. The molecule has 0 saturated carbocycles. The molecule has 1 aromatic heterocycles. The van der Waals surface area contributed by atoms with Crippen LogP contribution in [0.3, 0.4) is 0 Å². The molecule has 22 heavy (non-hydrogen) atoms. The van der Waals surface area contributed by atoms with Gasteiger partial charge >= 0.3 is 0 Å². The molecule has 1 amide bonds. The van der Waals surface area contributed by atoms with Crippen molar-refractivity contribution < 1.29 is 9.21 Å². The third-order valence-electron chi connectivity index (χ3n) is 3.96. The van der Waals surface area contributed by atoms with Crippen molar-refractivity contribution in [1.82, 2.24) is 4.90 Å². The number of aryl methyl sites for hydroxylation is 1. The van der Waals surface area contributed by atoms with Crippen molar-refractivity contribution in [2.24, 2.45) is 0 Å². The van der Waals surface area contributed by atoms with Gasteiger partial charge in [-0.2, -0.15) is 0 Å². The highest BCUT2D eigenvalue weighted by Gasteiger charge is 2.32. The number of benzene rings is 1. The summed E-state index contributed by atoms with van der Waals surface area (Å²) < 4.78 is 5.48. The van der Waals surface area contributed by atoms with Gasteiger partial charge < -0.3 is 9.32 Å². The van der Waals surface area contributed by atoms with Crippen molar-refractivity contribution in [3.63, 3.8) is 0 Å². The fraction of sp³-hybridized carbons (Fsp3) is 0.389. The second-order valence-electron chi connectivity index (χ2n) is 5.54. The van der Waals surface area contributed by atoms with E-state index in [9.17, 15) is 4.79 Å². The van der Waals surface area contributed by atoms with E-state index in [0.717, 1.165) is 30.0 Å². The fourth-order valence-electron chi connectivity index (χ4n) is 2.71. The Bertz CT molecular complexity index is 607. The largest absolute Gasteiger partial charge is 0.466 e. The van der Waals surface area contributed by atoms with E-state index in [1.165, 1.54) is 18.4 Å². The molecule has 1 aliphatic rings. The maximum absolute atomic E-state index is 12.7. The van der Waals surface area contributed by atoms with Crippen LogP contribution in [0.2, 0.25) is 0 Å². The Labute approximate surface area is 135 Å². The number of hydrogen-bond acceptors (Lipinski definition) is 3. The Balaban J connectivity index is 1.72. The number of nitrogens with zero attached hydrogens (tertiary/aromatic N) is 1. The van der Waals surface area contributed by atoms with Crippen LogP contribution in [0.1, 0.15) is 46.8 Å². The van der Waals surface area contributed by atoms with E-state index in [-0.39, 0.29) is 11.3 Å². The number of amides is 1. The standard InChI is InChI=1S/C18H21NO2S/c1-2-3-5-14-7-9-15(10-8-14)17(20)19-11-13-22-18(19)16-6-4-12-21-16/h4,6-10,12,18H,2-3,5,11,13H2,1H3. The minimum atomic E-state index is 0.00210. The van der Waals surface area contributed by atoms with Crippen LogP contribution in [0.25, 0.3) is 0 Å². The molecule has 1 unspecified atom stereocenters. The number of carbonyl (C=O) groups is 1. The number of carbonyl (C=O) groups excluding carboxylic acids is 1. The second-order valence-corrected chi connectivity index (χ2v) is 6.73. The third-order valence-corrected chi connectivity index (χ3v) is 5.18. The van der Waals surface area contributed by atoms with Gasteiger partial charge in [-0.1, -0.05) is 25.5 Å². The molecule has 4 heteroatoms. The average molecular weight is 315 g/mol. The summed E-state index contributed by atoms with van der Waals surface area (Å²) in [6.45, 7) is 2.96. The van der Waals surface area contributed by atoms with Crippen LogP contribution >= 0.6 is 11.8 Å². The van der Waals surface area contributed by atoms with Gasteiger partial charge in [0.05, 0.1) is 6.26 Å². The quantitative estimate of drug-likeness (QED) is 0.814. The first-order valence-electron chi connectivity index (χ1n) is 7.84. The number of hydrogen-bond donors (Lipinski definition) is 0. The number of rotatable bonds is 5. The van der Waals surface area contributed by atoms with Gasteiger partial charge in [-0.25, -0.2) is 0 Å². The highest BCUT2D eigenvalue weighted by atomic mass is 32.2. The van der Waals surface area contributed by atoms with Gasteiger partial charge in [-0.3, -0.25) is 4.79 Å². The summed E-state index contributed by atoms with van der Waals surface area (Å²) in [7, 11) is 0. The van der Waals surface area contributed by atoms with Crippen LogP contribution in [-0.2, 0) is 6.42 Å². The first-order chi connectivity index (χ1) is 10.8. The molecule has 3 rings (SSSR count). The second kappa shape index (κ2) is 7.05. The summed E-state index contributed by atoms with van der Waals surface area (Å²) in [5.41, 5.74) is 2.07. The Kier molecular flexibility index (Phi) is 4.88. The third kappa shape index (κ3) is 3.22. The fourth-order valence-corrected chi connectivity index (χ4v) is 3.91. The lowest BCUT2D eigenvalue weighted by molar-refractivity contribution is 0.0749. The van der Waals surface area contributed by atoms with E-state index in [0.29, 0.717) is 0 Å². The van der Waals surface area contributed by atoms with E-state index in [4.69, 9.17) is 4.42 Å². The Morgan fingerprint density at radius 1 is 1.32 bits per heavy atom. The van der Waals surface area contributed by atoms with Crippen LogP contribution in [0, 0.1) is 0 Å². The minimum Gasteiger partial charge on any atom is -0.466 e. The Morgan fingerprint density at radius 3 is 2.82 bits per heavy atom. The summed E-state index contributed by atoms with van der Waals surface area (Å²) >= 11 is 1.76. The highest BCUT2D eigenvalue weighted by molar-refractivity contribution is 7.99. The van der Waals surface area contributed by atoms with Gasteiger partial charge in [-0.15, -0.1) is 11.8 Å². The van der Waals surface area contributed by atoms with Crippen molar-refractivity contribution in [2.45, 2.75) is 31.6 Å². The van der Waals surface area contributed by atoms with Gasteiger partial charge in [0.2, 0.25) is 0 Å². The molecule has 116 valence electrons. The van der Waals surface area contributed by atoms with Crippen molar-refractivity contribution in [3.05, 3.63) is 59.5 Å². The van der Waals surface area contributed by atoms with Crippen molar-refractivity contribution in [1.29, 1.82) is 0 Å². The molecule has 0 spiro atoms. The topological polar surface area (TPSA) is 33.5 Å². The van der Waals surface area contributed by atoms with Gasteiger partial charge in [-0.05, 0) is 42.7 Å². The lowest BCUT2D eigenvalue weighted by Gasteiger charge is -2.22. The van der Waals surface area contributed by atoms with E-state index in [2.05, 4.69) is 19.1 Å². The van der Waals surface area contributed by atoms with Crippen LogP contribution in [-0.4, -0.2) is 23.1 Å². The predicted molar refractivity (Wildman–Crippen MR) is 90.0 cm³/mol. The molecule has 0 radical (unpaired) electrons. The lowest BCUT2D eigenvalue weighted by atomic mass is 10.1. The molecule has 0 N–H and O–H groups in total. The van der Waals surface area contributed by atoms with Gasteiger partial charge in [0.1, 0.15) is 11.1 Å². The number of thioether (sulfide) groups is 1. The lowest BCUT2D eigenvalue weighted by Crippen LogP contribution is -2.30. The van der Waals surface area contributed by atoms with Crippen LogP contribution in [0.4, 0.5) is 0 Å². The van der Waals surface area contributed by atoms with E-state index >= 15 is 0 Å². The van der Waals surface area contributed by atoms with Gasteiger partial charge in [0, 0.05) is 17.9 Å². The smallest absolute Gasteiger partial charge is 0.255 e. The first-order valence-corrected chi connectivity index (χ1v) is 8.89. The SMILES string of the molecule is CCCCc1ccc(C(=O)N2CCSC2c2ccco2)cc1. The zero-order valence-corrected chi connectivity index (χ0v) is 13.6. The molecule has 2 aromatic rings. The molecular weight excluding hydrogens is 294 g/mol. The zero-order valence-electron chi connectivity index (χ0n) is 12.8. The van der Waals surface area contributed by atoms with Gasteiger partial charge in [0.25, 0.3) is 5.91 Å². The molecule has 0 bridgehead atoms. The molecule has 1 aromatic carbocycles. The maximum Gasteiger partial charge on any atom is 0.255 e. The average Bonchev–Trinajstić information content (AvgIpc) is 3.23. The Morgan fingerprint density at radius 2 is 2.14 bits per heavy atom. The highest BCUT2D eigenvalue weighted by Crippen LogP contribution is 2.38. The van der Waals surface area contributed by atoms with Crippen molar-refractivity contribution in [2.75, 3.05) is 12.3 Å². The Hall–Kier alpha value is -1.68. The molecule has 0 aliphatic carbocycles. The summed E-state index contributed by atoms with van der Waals surface area (Å²) in [5, 5.41) is 0.00210. The minimum absolute atomic E-state index is 0.00210. The molecule has 1 saturated heterocycles. The predicted octanol–water partition coefficient (Wildman–Crippen LogP) is 4.51.